The first kappa shape index (κ1) is 13.2. The van der Waals surface area contributed by atoms with Crippen LogP contribution >= 0.6 is 22.6 Å². The molecule has 0 aliphatic rings. The number of anilines is 1. The van der Waals surface area contributed by atoms with Gasteiger partial charge in [-0.3, -0.25) is 0 Å². The summed E-state index contributed by atoms with van der Waals surface area (Å²) < 4.78 is 3.13. The van der Waals surface area contributed by atoms with Crippen molar-refractivity contribution in [1.82, 2.24) is 9.78 Å². The van der Waals surface area contributed by atoms with Gasteiger partial charge < -0.3 is 5.32 Å². The molecular formula is C16H14IN3. The third kappa shape index (κ3) is 3.19. The third-order valence-electron chi connectivity index (χ3n) is 3.00. The van der Waals surface area contributed by atoms with Gasteiger partial charge >= 0.3 is 0 Å². The molecule has 3 nitrogen and oxygen atoms in total. The van der Waals surface area contributed by atoms with Crippen molar-refractivity contribution in [2.75, 3.05) is 5.32 Å². The minimum atomic E-state index is 0.771. The second-order valence-electron chi connectivity index (χ2n) is 4.49. The Bertz CT molecular complexity index is 674. The van der Waals surface area contributed by atoms with Gasteiger partial charge in [0.1, 0.15) is 0 Å². The molecule has 0 bridgehead atoms. The van der Waals surface area contributed by atoms with Crippen molar-refractivity contribution in [2.45, 2.75) is 6.54 Å². The van der Waals surface area contributed by atoms with E-state index in [1.807, 2.05) is 41.2 Å². The first-order valence-corrected chi connectivity index (χ1v) is 7.47. The van der Waals surface area contributed by atoms with Crippen LogP contribution in [0.1, 0.15) is 5.56 Å². The lowest BCUT2D eigenvalue weighted by atomic mass is 10.3. The van der Waals surface area contributed by atoms with Crippen LogP contribution in [0.15, 0.2) is 67.0 Å². The standard InChI is InChI=1S/C16H14IN3/c17-14-6-8-15(9-7-14)18-10-13-11-19-20(12-13)16-4-2-1-3-5-16/h1-9,11-12,18H,10H2. The molecule has 2 aromatic carbocycles. The molecule has 0 saturated carbocycles. The first-order valence-electron chi connectivity index (χ1n) is 6.40. The zero-order valence-electron chi connectivity index (χ0n) is 10.8. The van der Waals surface area contributed by atoms with E-state index in [2.05, 4.69) is 63.5 Å². The zero-order valence-corrected chi connectivity index (χ0v) is 13.0. The molecule has 0 amide bonds. The largest absolute Gasteiger partial charge is 0.381 e. The number of benzene rings is 2. The van der Waals surface area contributed by atoms with Crippen molar-refractivity contribution in [1.29, 1.82) is 0 Å². The minimum Gasteiger partial charge on any atom is -0.381 e. The molecule has 0 aliphatic heterocycles. The molecule has 1 aromatic heterocycles. The molecule has 0 unspecified atom stereocenters. The molecule has 0 spiro atoms. The van der Waals surface area contributed by atoms with Crippen molar-refractivity contribution >= 4 is 28.3 Å². The first-order chi connectivity index (χ1) is 9.81. The van der Waals surface area contributed by atoms with Gasteiger partial charge in [-0.15, -0.1) is 0 Å². The number of hydrogen-bond donors (Lipinski definition) is 1. The third-order valence-corrected chi connectivity index (χ3v) is 3.72. The predicted octanol–water partition coefficient (Wildman–Crippen LogP) is 4.09. The summed E-state index contributed by atoms with van der Waals surface area (Å²) in [6.45, 7) is 0.771. The van der Waals surface area contributed by atoms with Gasteiger partial charge in [-0.25, -0.2) is 4.68 Å². The topological polar surface area (TPSA) is 29.9 Å². The van der Waals surface area contributed by atoms with Crippen LogP contribution in [0.4, 0.5) is 5.69 Å². The fraction of sp³-hybridized carbons (Fsp3) is 0.0625. The molecule has 1 N–H and O–H groups in total. The van der Waals surface area contributed by atoms with Crippen LogP contribution in [0, 0.1) is 3.57 Å². The molecule has 3 rings (SSSR count). The van der Waals surface area contributed by atoms with Crippen LogP contribution in [-0.4, -0.2) is 9.78 Å². The number of halogens is 1. The lowest BCUT2D eigenvalue weighted by Gasteiger charge is -2.04. The van der Waals surface area contributed by atoms with Gasteiger partial charge in [0.15, 0.2) is 0 Å². The highest BCUT2D eigenvalue weighted by molar-refractivity contribution is 14.1. The van der Waals surface area contributed by atoms with Crippen LogP contribution in [0.3, 0.4) is 0 Å². The lowest BCUT2D eigenvalue weighted by molar-refractivity contribution is 0.880. The van der Waals surface area contributed by atoms with Crippen molar-refractivity contribution in [2.24, 2.45) is 0 Å². The maximum atomic E-state index is 4.39. The Balaban J connectivity index is 1.67. The highest BCUT2D eigenvalue weighted by Gasteiger charge is 2.00. The molecule has 100 valence electrons. The minimum absolute atomic E-state index is 0.771. The van der Waals surface area contributed by atoms with E-state index in [0.717, 1.165) is 23.5 Å². The predicted molar refractivity (Wildman–Crippen MR) is 90.0 cm³/mol. The maximum Gasteiger partial charge on any atom is 0.0645 e. The second-order valence-corrected chi connectivity index (χ2v) is 5.73. The summed E-state index contributed by atoms with van der Waals surface area (Å²) in [6, 6.07) is 18.5. The zero-order chi connectivity index (χ0) is 13.8. The number of nitrogens with zero attached hydrogens (tertiary/aromatic N) is 2. The van der Waals surface area contributed by atoms with Gasteiger partial charge in [-0.1, -0.05) is 18.2 Å². The van der Waals surface area contributed by atoms with Gasteiger partial charge in [-0.05, 0) is 59.0 Å². The molecule has 4 heteroatoms. The average Bonchev–Trinajstić information content (AvgIpc) is 2.97. The van der Waals surface area contributed by atoms with Gasteiger partial charge in [0.05, 0.1) is 11.9 Å². The summed E-state index contributed by atoms with van der Waals surface area (Å²) >= 11 is 2.31. The summed E-state index contributed by atoms with van der Waals surface area (Å²) in [5.41, 5.74) is 3.36. The van der Waals surface area contributed by atoms with Crippen LogP contribution in [0.2, 0.25) is 0 Å². The highest BCUT2D eigenvalue weighted by atomic mass is 127. The van der Waals surface area contributed by atoms with Crippen molar-refractivity contribution in [3.63, 3.8) is 0 Å². The number of aromatic nitrogens is 2. The van der Waals surface area contributed by atoms with E-state index in [9.17, 15) is 0 Å². The van der Waals surface area contributed by atoms with E-state index in [0.29, 0.717) is 0 Å². The van der Waals surface area contributed by atoms with Crippen LogP contribution in [0.25, 0.3) is 5.69 Å². The van der Waals surface area contributed by atoms with E-state index in [1.165, 1.54) is 3.57 Å². The van der Waals surface area contributed by atoms with E-state index in [4.69, 9.17) is 0 Å². The Morgan fingerprint density at radius 3 is 2.50 bits per heavy atom. The molecule has 0 aliphatic carbocycles. The molecule has 0 radical (unpaired) electrons. The van der Waals surface area contributed by atoms with Crippen molar-refractivity contribution in [3.8, 4) is 5.69 Å². The molecule has 0 saturated heterocycles. The fourth-order valence-corrected chi connectivity index (χ4v) is 2.30. The Hall–Kier alpha value is -1.82. The van der Waals surface area contributed by atoms with Gasteiger partial charge in [0.2, 0.25) is 0 Å². The summed E-state index contributed by atoms with van der Waals surface area (Å²) in [4.78, 5) is 0. The maximum absolute atomic E-state index is 4.39. The number of nitrogens with one attached hydrogen (secondary N) is 1. The van der Waals surface area contributed by atoms with Crippen LogP contribution < -0.4 is 5.32 Å². The number of hydrogen-bond acceptors (Lipinski definition) is 2. The molecule has 1 heterocycles. The average molecular weight is 375 g/mol. The van der Waals surface area contributed by atoms with Gasteiger partial charge in [0.25, 0.3) is 0 Å². The molecular weight excluding hydrogens is 361 g/mol. The van der Waals surface area contributed by atoms with E-state index >= 15 is 0 Å². The molecule has 3 aromatic rings. The van der Waals surface area contributed by atoms with E-state index in [-0.39, 0.29) is 0 Å². The van der Waals surface area contributed by atoms with Crippen LogP contribution in [-0.2, 0) is 6.54 Å². The monoisotopic (exact) mass is 375 g/mol. The smallest absolute Gasteiger partial charge is 0.0645 e. The summed E-state index contributed by atoms with van der Waals surface area (Å²) in [5, 5.41) is 7.78. The van der Waals surface area contributed by atoms with Crippen molar-refractivity contribution in [3.05, 3.63) is 76.1 Å². The Kier molecular flexibility index (Phi) is 4.01. The second kappa shape index (κ2) is 6.09. The molecule has 0 fully saturated rings. The van der Waals surface area contributed by atoms with Crippen LogP contribution in [0.5, 0.6) is 0 Å². The molecule has 0 atom stereocenters. The summed E-state index contributed by atoms with van der Waals surface area (Å²) in [7, 11) is 0. The highest BCUT2D eigenvalue weighted by Crippen LogP contribution is 2.13. The molecule has 20 heavy (non-hydrogen) atoms. The van der Waals surface area contributed by atoms with Gasteiger partial charge in [-0.2, -0.15) is 5.10 Å². The van der Waals surface area contributed by atoms with Gasteiger partial charge in [0, 0.05) is 27.6 Å². The number of rotatable bonds is 4. The normalized spacial score (nSPS) is 10.4. The Labute approximate surface area is 131 Å². The summed E-state index contributed by atoms with van der Waals surface area (Å²) in [5.74, 6) is 0. The Morgan fingerprint density at radius 2 is 1.75 bits per heavy atom. The van der Waals surface area contributed by atoms with E-state index < -0.39 is 0 Å². The van der Waals surface area contributed by atoms with Crippen molar-refractivity contribution < 1.29 is 0 Å². The quantitative estimate of drug-likeness (QED) is 0.697. The van der Waals surface area contributed by atoms with E-state index in [1.54, 1.807) is 0 Å². The summed E-state index contributed by atoms with van der Waals surface area (Å²) in [6.07, 6.45) is 3.95. The lowest BCUT2D eigenvalue weighted by Crippen LogP contribution is -1.98. The Morgan fingerprint density at radius 1 is 1.00 bits per heavy atom. The number of para-hydroxylation sites is 1. The fourth-order valence-electron chi connectivity index (χ4n) is 1.95. The SMILES string of the molecule is Ic1ccc(NCc2cnn(-c3ccccc3)c2)cc1.